The normalized spacial score (nSPS) is 26.9. The topological polar surface area (TPSA) is 88.0 Å². The number of allylic oxidation sites excluding steroid dienone is 2. The summed E-state index contributed by atoms with van der Waals surface area (Å²) >= 11 is 0. The number of carboxylic acid groups (broad SMARTS) is 1. The van der Waals surface area contributed by atoms with Crippen molar-refractivity contribution in [3.8, 4) is 5.75 Å². The lowest BCUT2D eigenvalue weighted by molar-refractivity contribution is -0.137. The van der Waals surface area contributed by atoms with Crippen LogP contribution in [0.1, 0.15) is 51.9 Å². The molecule has 5 atom stereocenters. The summed E-state index contributed by atoms with van der Waals surface area (Å²) in [5.74, 6) is 1.04. The highest BCUT2D eigenvalue weighted by atomic mass is 16.5. The molecule has 0 radical (unpaired) electrons. The molecule has 2 saturated heterocycles. The molecule has 2 heterocycles. The predicted molar refractivity (Wildman–Crippen MR) is 120 cm³/mol. The van der Waals surface area contributed by atoms with Crippen LogP contribution in [0.5, 0.6) is 5.75 Å². The first kappa shape index (κ1) is 23.8. The van der Waals surface area contributed by atoms with Crippen molar-refractivity contribution in [3.05, 3.63) is 42.5 Å². The zero-order chi connectivity index (χ0) is 22.1. The molecule has 3 rings (SSSR count). The smallest absolute Gasteiger partial charge is 0.303 e. The average molecular weight is 432 g/mol. The maximum absolute atomic E-state index is 10.7. The van der Waals surface area contributed by atoms with Gasteiger partial charge in [0.25, 0.3) is 0 Å². The third-order valence-electron chi connectivity index (χ3n) is 6.47. The number of benzene rings is 1. The number of rotatable bonds is 14. The van der Waals surface area contributed by atoms with Crippen LogP contribution in [0.25, 0.3) is 0 Å². The molecular weight excluding hydrogens is 394 g/mol. The molecule has 6 heteroatoms. The molecule has 1 aromatic rings. The minimum Gasteiger partial charge on any atom is -0.493 e. The molecule has 0 saturated carbocycles. The summed E-state index contributed by atoms with van der Waals surface area (Å²) in [6.45, 7) is 3.69. The fourth-order valence-corrected chi connectivity index (χ4v) is 4.72. The number of ether oxygens (including phenoxy) is 2. The summed E-state index contributed by atoms with van der Waals surface area (Å²) in [6.07, 6.45) is 10.5. The van der Waals surface area contributed by atoms with Gasteiger partial charge in [-0.15, -0.1) is 0 Å². The number of carboxylic acids is 1. The zero-order valence-electron chi connectivity index (χ0n) is 18.5. The molecule has 31 heavy (non-hydrogen) atoms. The molecule has 6 nitrogen and oxygen atoms in total. The number of aliphatic hydroxyl groups is 1. The van der Waals surface area contributed by atoms with Gasteiger partial charge in [-0.05, 0) is 57.1 Å². The molecule has 0 spiro atoms. The largest absolute Gasteiger partial charge is 0.493 e. The summed E-state index contributed by atoms with van der Waals surface area (Å²) in [6, 6.07) is 9.67. The van der Waals surface area contributed by atoms with Crippen molar-refractivity contribution < 1.29 is 24.5 Å². The number of nitrogens with one attached hydrogen (secondary N) is 1. The first-order valence-electron chi connectivity index (χ1n) is 11.6. The van der Waals surface area contributed by atoms with Crippen LogP contribution in [0.4, 0.5) is 0 Å². The van der Waals surface area contributed by atoms with Gasteiger partial charge in [0.1, 0.15) is 5.75 Å². The molecule has 0 aromatic heterocycles. The van der Waals surface area contributed by atoms with Gasteiger partial charge in [-0.25, -0.2) is 0 Å². The van der Waals surface area contributed by atoms with E-state index in [0.29, 0.717) is 50.0 Å². The third-order valence-corrected chi connectivity index (χ3v) is 6.47. The molecule has 2 aliphatic rings. The Labute approximate surface area is 185 Å². The number of fused-ring (bicyclic) bond motifs is 2. The van der Waals surface area contributed by atoms with Crippen molar-refractivity contribution in [2.45, 2.75) is 69.7 Å². The van der Waals surface area contributed by atoms with E-state index in [-0.39, 0.29) is 6.42 Å². The summed E-state index contributed by atoms with van der Waals surface area (Å²) < 4.78 is 11.9. The molecule has 0 aliphatic carbocycles. The quantitative estimate of drug-likeness (QED) is 0.307. The first-order chi connectivity index (χ1) is 14.9. The van der Waals surface area contributed by atoms with Gasteiger partial charge in [-0.1, -0.05) is 30.4 Å². The Bertz CT molecular complexity index is 705. The second kappa shape index (κ2) is 11.7. The Morgan fingerprint density at radius 3 is 2.71 bits per heavy atom. The number of para-hydroxylation sites is 1. The van der Waals surface area contributed by atoms with Crippen LogP contribution in [-0.4, -0.2) is 53.7 Å². The summed E-state index contributed by atoms with van der Waals surface area (Å²) in [5.41, 5.74) is -0.827. The van der Waals surface area contributed by atoms with Gasteiger partial charge >= 0.3 is 5.97 Å². The summed E-state index contributed by atoms with van der Waals surface area (Å²) in [4.78, 5) is 10.6. The van der Waals surface area contributed by atoms with Gasteiger partial charge in [-0.2, -0.15) is 0 Å². The average Bonchev–Trinajstić information content (AvgIpc) is 3.33. The van der Waals surface area contributed by atoms with E-state index in [2.05, 4.69) is 17.5 Å². The molecule has 0 amide bonds. The Morgan fingerprint density at radius 1 is 1.23 bits per heavy atom. The SMILES string of the molecule is CC(O)(CCOc1ccccc1)CNC[C@@H]1[C@@H](CC=CCCCC(=O)O)[C@H]2CC[C@@H]1O2. The van der Waals surface area contributed by atoms with Crippen LogP contribution in [0.2, 0.25) is 0 Å². The predicted octanol–water partition coefficient (Wildman–Crippen LogP) is 3.79. The first-order valence-corrected chi connectivity index (χ1v) is 11.6. The van der Waals surface area contributed by atoms with Crippen molar-refractivity contribution >= 4 is 5.97 Å². The fourth-order valence-electron chi connectivity index (χ4n) is 4.72. The Kier molecular flexibility index (Phi) is 8.93. The van der Waals surface area contributed by atoms with Crippen molar-refractivity contribution in [2.24, 2.45) is 11.8 Å². The highest BCUT2D eigenvalue weighted by Crippen LogP contribution is 2.44. The number of hydrogen-bond acceptors (Lipinski definition) is 5. The second-order valence-electron chi connectivity index (χ2n) is 9.15. The van der Waals surface area contributed by atoms with E-state index >= 15 is 0 Å². The molecule has 2 bridgehead atoms. The maximum atomic E-state index is 10.7. The molecule has 1 aromatic carbocycles. The molecule has 3 N–H and O–H groups in total. The van der Waals surface area contributed by atoms with Crippen molar-refractivity contribution in [1.29, 1.82) is 0 Å². The summed E-state index contributed by atoms with van der Waals surface area (Å²) in [7, 11) is 0. The van der Waals surface area contributed by atoms with E-state index < -0.39 is 11.6 Å². The van der Waals surface area contributed by atoms with E-state index in [1.807, 2.05) is 37.3 Å². The van der Waals surface area contributed by atoms with E-state index in [0.717, 1.165) is 38.0 Å². The van der Waals surface area contributed by atoms with Gasteiger partial charge in [0.2, 0.25) is 0 Å². The summed E-state index contributed by atoms with van der Waals surface area (Å²) in [5, 5.41) is 22.9. The lowest BCUT2D eigenvalue weighted by Gasteiger charge is -2.30. The molecule has 1 unspecified atom stereocenters. The van der Waals surface area contributed by atoms with Crippen molar-refractivity contribution in [2.75, 3.05) is 19.7 Å². The van der Waals surface area contributed by atoms with E-state index in [1.165, 1.54) is 0 Å². The molecule has 2 fully saturated rings. The molecule has 172 valence electrons. The minimum atomic E-state index is -0.827. The Hall–Kier alpha value is -1.89. The lowest BCUT2D eigenvalue weighted by atomic mass is 9.77. The van der Waals surface area contributed by atoms with Gasteiger partial charge in [0, 0.05) is 31.8 Å². The molecule has 2 aliphatic heterocycles. The zero-order valence-corrected chi connectivity index (χ0v) is 18.5. The van der Waals surface area contributed by atoms with Crippen molar-refractivity contribution in [3.63, 3.8) is 0 Å². The van der Waals surface area contributed by atoms with Gasteiger partial charge in [0.15, 0.2) is 0 Å². The van der Waals surface area contributed by atoms with E-state index in [9.17, 15) is 9.90 Å². The maximum Gasteiger partial charge on any atom is 0.303 e. The third kappa shape index (κ3) is 7.63. The van der Waals surface area contributed by atoms with Crippen LogP contribution in [0.15, 0.2) is 42.5 Å². The number of unbranched alkanes of at least 4 members (excludes halogenated alkanes) is 1. The van der Waals surface area contributed by atoms with Gasteiger partial charge in [-0.3, -0.25) is 4.79 Å². The lowest BCUT2D eigenvalue weighted by Crippen LogP contribution is -2.43. The fraction of sp³-hybridized carbons (Fsp3) is 0.640. The van der Waals surface area contributed by atoms with Gasteiger partial charge in [0.05, 0.1) is 24.4 Å². The van der Waals surface area contributed by atoms with Crippen molar-refractivity contribution in [1.82, 2.24) is 5.32 Å². The van der Waals surface area contributed by atoms with Crippen LogP contribution >= 0.6 is 0 Å². The molecular formula is C25H37NO5. The monoisotopic (exact) mass is 431 g/mol. The van der Waals surface area contributed by atoms with Crippen LogP contribution in [-0.2, 0) is 9.53 Å². The standard InChI is InChI=1S/C25H37NO5/c1-25(29,15-16-30-19-9-5-4-6-10-19)18-26-17-21-20(22-13-14-23(21)31-22)11-7-2-3-8-12-24(27)28/h2,4-7,9-10,20-23,26,29H,3,8,11-18H2,1H3,(H,27,28)/t20-,21-,22-,23+,25?/m1/s1. The second-order valence-corrected chi connectivity index (χ2v) is 9.15. The van der Waals surface area contributed by atoms with E-state index in [4.69, 9.17) is 14.6 Å². The highest BCUT2D eigenvalue weighted by Gasteiger charge is 2.47. The van der Waals surface area contributed by atoms with Crippen LogP contribution in [0.3, 0.4) is 0 Å². The highest BCUT2D eigenvalue weighted by molar-refractivity contribution is 5.66. The minimum absolute atomic E-state index is 0.227. The number of hydrogen-bond donors (Lipinski definition) is 3. The Balaban J connectivity index is 1.37. The number of aliphatic carboxylic acids is 1. The van der Waals surface area contributed by atoms with Gasteiger partial charge < -0.3 is 25.0 Å². The van der Waals surface area contributed by atoms with Crippen LogP contribution in [0, 0.1) is 11.8 Å². The van der Waals surface area contributed by atoms with E-state index in [1.54, 1.807) is 0 Å². The van der Waals surface area contributed by atoms with Crippen LogP contribution < -0.4 is 10.1 Å². The Morgan fingerprint density at radius 2 is 1.97 bits per heavy atom. The number of carbonyl (C=O) groups is 1.